The van der Waals surface area contributed by atoms with Crippen LogP contribution in [-0.4, -0.2) is 42.9 Å². The first-order chi connectivity index (χ1) is 15.0. The van der Waals surface area contributed by atoms with Crippen molar-refractivity contribution in [2.45, 2.75) is 13.3 Å². The molecule has 8 heteroatoms. The maximum atomic E-state index is 13.7. The van der Waals surface area contributed by atoms with Gasteiger partial charge < -0.3 is 14.4 Å². The molecule has 1 saturated heterocycles. The van der Waals surface area contributed by atoms with Crippen LogP contribution in [0.5, 0.6) is 5.75 Å². The summed E-state index contributed by atoms with van der Waals surface area (Å²) in [5, 5.41) is 0.457. The van der Waals surface area contributed by atoms with Crippen molar-refractivity contribution in [1.82, 2.24) is 9.97 Å². The van der Waals surface area contributed by atoms with E-state index < -0.39 is 5.82 Å². The van der Waals surface area contributed by atoms with Crippen molar-refractivity contribution in [3.05, 3.63) is 69.8 Å². The maximum absolute atomic E-state index is 13.7. The Morgan fingerprint density at radius 1 is 1.10 bits per heavy atom. The molecule has 4 rings (SSSR count). The van der Waals surface area contributed by atoms with Crippen LogP contribution in [0, 0.1) is 12.7 Å². The van der Waals surface area contributed by atoms with Gasteiger partial charge in [-0.05, 0) is 48.4 Å². The quantitative estimate of drug-likeness (QED) is 0.462. The highest BCUT2D eigenvalue weighted by molar-refractivity contribution is 6.36. The molecule has 1 fully saturated rings. The molecule has 162 valence electrons. The van der Waals surface area contributed by atoms with E-state index in [2.05, 4.69) is 14.9 Å². The minimum atomic E-state index is -0.491. The highest BCUT2D eigenvalue weighted by atomic mass is 35.5. The molecule has 0 saturated carbocycles. The minimum absolute atomic E-state index is 0.0344. The van der Waals surface area contributed by atoms with E-state index in [1.165, 1.54) is 12.1 Å². The van der Waals surface area contributed by atoms with Gasteiger partial charge in [0.05, 0.1) is 30.5 Å². The number of halogens is 3. The van der Waals surface area contributed by atoms with Gasteiger partial charge in [0.2, 0.25) is 0 Å². The van der Waals surface area contributed by atoms with E-state index in [-0.39, 0.29) is 5.02 Å². The summed E-state index contributed by atoms with van der Waals surface area (Å²) in [5.41, 5.74) is 3.24. The van der Waals surface area contributed by atoms with E-state index in [9.17, 15) is 4.39 Å². The lowest BCUT2D eigenvalue weighted by atomic mass is 10.1. The van der Waals surface area contributed by atoms with Crippen LogP contribution in [0.2, 0.25) is 10.0 Å². The summed E-state index contributed by atoms with van der Waals surface area (Å²) >= 11 is 12.2. The monoisotopic (exact) mass is 461 g/mol. The molecule has 2 aromatic heterocycles. The lowest BCUT2D eigenvalue weighted by molar-refractivity contribution is 0.122. The Hall–Kier alpha value is -2.41. The van der Waals surface area contributed by atoms with E-state index in [0.29, 0.717) is 42.6 Å². The van der Waals surface area contributed by atoms with Crippen molar-refractivity contribution >= 4 is 29.0 Å². The standard InChI is InChI=1S/C23H22Cl2FN3O2/c1-15-21(31-9-5-18-19(24)2-3-20(26)23(18)25)12-17(14-28-15)16-4-6-27-22(13-16)29-7-10-30-11-8-29/h2-4,6,12-14H,5,7-11H2,1H3. The fraction of sp³-hybridized carbons (Fsp3) is 0.304. The third-order valence-electron chi connectivity index (χ3n) is 5.20. The minimum Gasteiger partial charge on any atom is -0.491 e. The van der Waals surface area contributed by atoms with Crippen LogP contribution in [0.4, 0.5) is 10.2 Å². The van der Waals surface area contributed by atoms with E-state index in [4.69, 9.17) is 32.7 Å². The normalized spacial score (nSPS) is 14.0. The largest absolute Gasteiger partial charge is 0.491 e. The number of hydrogen-bond acceptors (Lipinski definition) is 5. The van der Waals surface area contributed by atoms with Gasteiger partial charge in [-0.1, -0.05) is 23.2 Å². The van der Waals surface area contributed by atoms with Gasteiger partial charge in [-0.2, -0.15) is 0 Å². The zero-order chi connectivity index (χ0) is 21.8. The van der Waals surface area contributed by atoms with Gasteiger partial charge in [-0.15, -0.1) is 0 Å². The van der Waals surface area contributed by atoms with E-state index in [0.717, 1.165) is 35.7 Å². The number of rotatable bonds is 6. The molecule has 3 aromatic rings. The number of benzene rings is 1. The molecule has 0 unspecified atom stereocenters. The molecule has 0 spiro atoms. The van der Waals surface area contributed by atoms with Crippen LogP contribution in [0.3, 0.4) is 0 Å². The molecule has 3 heterocycles. The average Bonchev–Trinajstić information content (AvgIpc) is 2.80. The third kappa shape index (κ3) is 5.09. The second-order valence-corrected chi connectivity index (χ2v) is 8.02. The smallest absolute Gasteiger partial charge is 0.142 e. The van der Waals surface area contributed by atoms with Crippen LogP contribution >= 0.6 is 23.2 Å². The van der Waals surface area contributed by atoms with Crippen LogP contribution in [0.15, 0.2) is 42.7 Å². The second kappa shape index (κ2) is 9.81. The van der Waals surface area contributed by atoms with Gasteiger partial charge in [-0.3, -0.25) is 4.98 Å². The van der Waals surface area contributed by atoms with Crippen molar-refractivity contribution in [2.24, 2.45) is 0 Å². The first kappa shape index (κ1) is 21.8. The van der Waals surface area contributed by atoms with Crippen LogP contribution in [-0.2, 0) is 11.2 Å². The number of aromatic nitrogens is 2. The Balaban J connectivity index is 1.50. The number of anilines is 1. The lowest BCUT2D eigenvalue weighted by Gasteiger charge is -2.28. The molecule has 0 radical (unpaired) electrons. The average molecular weight is 462 g/mol. The summed E-state index contributed by atoms with van der Waals surface area (Å²) in [4.78, 5) is 11.2. The Morgan fingerprint density at radius 2 is 1.90 bits per heavy atom. The molecule has 5 nitrogen and oxygen atoms in total. The van der Waals surface area contributed by atoms with Gasteiger partial charge in [0.15, 0.2) is 0 Å². The Bertz CT molecular complexity index is 1070. The molecule has 1 aromatic carbocycles. The molecule has 1 aliphatic heterocycles. The molecule has 0 aliphatic carbocycles. The number of morpholine rings is 1. The SMILES string of the molecule is Cc1ncc(-c2ccnc(N3CCOCC3)c2)cc1OCCc1c(Cl)ccc(F)c1Cl. The number of aryl methyl sites for hydroxylation is 1. The summed E-state index contributed by atoms with van der Waals surface area (Å²) in [5.74, 6) is 1.08. The predicted molar refractivity (Wildman–Crippen MR) is 121 cm³/mol. The fourth-order valence-corrected chi connectivity index (χ4v) is 4.00. The Kier molecular flexibility index (Phi) is 6.90. The molecule has 0 bridgehead atoms. The summed E-state index contributed by atoms with van der Waals surface area (Å²) < 4.78 is 25.1. The van der Waals surface area contributed by atoms with Crippen LogP contribution in [0.25, 0.3) is 11.1 Å². The fourth-order valence-electron chi connectivity index (χ4n) is 3.44. The molecule has 0 N–H and O–H groups in total. The van der Waals surface area contributed by atoms with Gasteiger partial charge in [0.25, 0.3) is 0 Å². The summed E-state index contributed by atoms with van der Waals surface area (Å²) in [6.45, 7) is 5.23. The number of nitrogens with zero attached hydrogens (tertiary/aromatic N) is 3. The zero-order valence-electron chi connectivity index (χ0n) is 17.1. The van der Waals surface area contributed by atoms with E-state index in [1.54, 1.807) is 6.20 Å². The van der Waals surface area contributed by atoms with Gasteiger partial charge in [-0.25, -0.2) is 9.37 Å². The van der Waals surface area contributed by atoms with E-state index >= 15 is 0 Å². The van der Waals surface area contributed by atoms with Crippen molar-refractivity contribution in [2.75, 3.05) is 37.8 Å². The molecular formula is C23H22Cl2FN3O2. The Labute approximate surface area is 190 Å². The molecule has 0 atom stereocenters. The predicted octanol–water partition coefficient (Wildman–Crippen LogP) is 5.36. The van der Waals surface area contributed by atoms with Crippen LogP contribution < -0.4 is 9.64 Å². The van der Waals surface area contributed by atoms with Crippen LogP contribution in [0.1, 0.15) is 11.3 Å². The topological polar surface area (TPSA) is 47.5 Å². The Morgan fingerprint density at radius 3 is 2.71 bits per heavy atom. The summed E-state index contributed by atoms with van der Waals surface area (Å²) in [7, 11) is 0. The van der Waals surface area contributed by atoms with Gasteiger partial charge in [0, 0.05) is 42.5 Å². The third-order valence-corrected chi connectivity index (χ3v) is 5.97. The van der Waals surface area contributed by atoms with Crippen molar-refractivity contribution in [1.29, 1.82) is 0 Å². The van der Waals surface area contributed by atoms with Crippen molar-refractivity contribution < 1.29 is 13.9 Å². The molecule has 1 aliphatic rings. The lowest BCUT2D eigenvalue weighted by Crippen LogP contribution is -2.36. The zero-order valence-corrected chi connectivity index (χ0v) is 18.6. The van der Waals surface area contributed by atoms with Gasteiger partial charge >= 0.3 is 0 Å². The van der Waals surface area contributed by atoms with Gasteiger partial charge in [0.1, 0.15) is 17.4 Å². The highest BCUT2D eigenvalue weighted by Crippen LogP contribution is 2.30. The number of pyridine rings is 2. The van der Waals surface area contributed by atoms with E-state index in [1.807, 2.05) is 31.3 Å². The first-order valence-electron chi connectivity index (χ1n) is 10.0. The number of hydrogen-bond donors (Lipinski definition) is 0. The molecule has 31 heavy (non-hydrogen) atoms. The molecule has 0 amide bonds. The second-order valence-electron chi connectivity index (χ2n) is 7.23. The highest BCUT2D eigenvalue weighted by Gasteiger charge is 2.14. The van der Waals surface area contributed by atoms with Crippen molar-refractivity contribution in [3.63, 3.8) is 0 Å². The summed E-state index contributed by atoms with van der Waals surface area (Å²) in [6, 6.07) is 8.71. The summed E-state index contributed by atoms with van der Waals surface area (Å²) in [6.07, 6.45) is 4.00. The van der Waals surface area contributed by atoms with Crippen molar-refractivity contribution in [3.8, 4) is 16.9 Å². The first-order valence-corrected chi connectivity index (χ1v) is 10.8. The maximum Gasteiger partial charge on any atom is 0.142 e. The molecular weight excluding hydrogens is 440 g/mol. The number of ether oxygens (including phenoxy) is 2.